The van der Waals surface area contributed by atoms with Crippen molar-refractivity contribution in [1.29, 1.82) is 0 Å². The molecule has 1 fully saturated rings. The van der Waals surface area contributed by atoms with Gasteiger partial charge in [-0.25, -0.2) is 0 Å². The van der Waals surface area contributed by atoms with Crippen LogP contribution < -0.4 is 9.47 Å². The third kappa shape index (κ3) is 2.74. The van der Waals surface area contributed by atoms with Gasteiger partial charge in [0.25, 0.3) is 0 Å². The molecule has 36 heavy (non-hydrogen) atoms. The quantitative estimate of drug-likeness (QED) is 0.279. The normalized spacial score (nSPS) is 19.9. The lowest BCUT2D eigenvalue weighted by Crippen LogP contribution is -2.26. The van der Waals surface area contributed by atoms with Crippen LogP contribution in [0, 0.1) is 10.8 Å². The van der Waals surface area contributed by atoms with E-state index in [1.54, 1.807) is 0 Å². The molecule has 1 saturated carbocycles. The SMILES string of the molecule is CC1(C)CC2(CC1(C)C)c1ccccc1-c1ccccc1-c1c2cc(O)c2cc3c(cc12)OCCO3. The summed E-state index contributed by atoms with van der Waals surface area (Å²) in [6, 6.07) is 23.8. The zero-order valence-electron chi connectivity index (χ0n) is 21.4. The van der Waals surface area contributed by atoms with Gasteiger partial charge in [-0.15, -0.1) is 0 Å². The van der Waals surface area contributed by atoms with Crippen LogP contribution in [0.5, 0.6) is 17.2 Å². The molecule has 1 aliphatic heterocycles. The number of rotatable bonds is 0. The second-order valence-corrected chi connectivity index (χ2v) is 12.2. The first-order chi connectivity index (χ1) is 17.2. The third-order valence-electron chi connectivity index (χ3n) is 9.54. The monoisotopic (exact) mass is 476 g/mol. The molecular weight excluding hydrogens is 444 g/mol. The summed E-state index contributed by atoms with van der Waals surface area (Å²) in [4.78, 5) is 0. The van der Waals surface area contributed by atoms with Crippen LogP contribution in [0.15, 0.2) is 66.7 Å². The van der Waals surface area contributed by atoms with Crippen LogP contribution in [-0.2, 0) is 5.41 Å². The van der Waals surface area contributed by atoms with Gasteiger partial charge in [0.2, 0.25) is 0 Å². The molecular formula is C33H32O3. The summed E-state index contributed by atoms with van der Waals surface area (Å²) in [6.45, 7) is 10.7. The maximum Gasteiger partial charge on any atom is 0.162 e. The molecule has 3 heteroatoms. The van der Waals surface area contributed by atoms with Crippen molar-refractivity contribution in [1.82, 2.24) is 0 Å². The van der Waals surface area contributed by atoms with Gasteiger partial charge >= 0.3 is 0 Å². The number of aromatic hydroxyl groups is 1. The topological polar surface area (TPSA) is 38.7 Å². The molecule has 0 atom stereocenters. The third-order valence-corrected chi connectivity index (χ3v) is 9.54. The lowest BCUT2D eigenvalue weighted by molar-refractivity contribution is 0.157. The maximum atomic E-state index is 11.5. The summed E-state index contributed by atoms with van der Waals surface area (Å²) < 4.78 is 11.9. The number of fused-ring (bicyclic) bond motifs is 10. The summed E-state index contributed by atoms with van der Waals surface area (Å²) >= 11 is 0. The zero-order chi connectivity index (χ0) is 24.9. The minimum Gasteiger partial charge on any atom is -0.507 e. The van der Waals surface area contributed by atoms with Crippen molar-refractivity contribution in [2.45, 2.75) is 46.0 Å². The van der Waals surface area contributed by atoms with Gasteiger partial charge in [-0.1, -0.05) is 76.2 Å². The second kappa shape index (κ2) is 7.06. The van der Waals surface area contributed by atoms with Gasteiger partial charge in [-0.2, -0.15) is 0 Å². The number of ether oxygens (including phenoxy) is 2. The highest BCUT2D eigenvalue weighted by Gasteiger charge is 2.57. The Morgan fingerprint density at radius 3 is 1.86 bits per heavy atom. The van der Waals surface area contributed by atoms with Gasteiger partial charge in [0, 0.05) is 10.8 Å². The average Bonchev–Trinajstić information content (AvgIpc) is 3.01. The molecule has 0 aromatic heterocycles. The Kier molecular flexibility index (Phi) is 4.28. The van der Waals surface area contributed by atoms with Crippen molar-refractivity contribution in [3.8, 4) is 39.5 Å². The molecule has 182 valence electrons. The van der Waals surface area contributed by atoms with Crippen LogP contribution in [0.25, 0.3) is 33.0 Å². The van der Waals surface area contributed by atoms with Gasteiger partial charge in [0.15, 0.2) is 11.5 Å². The van der Waals surface area contributed by atoms with Gasteiger partial charge in [-0.3, -0.25) is 0 Å². The fourth-order valence-electron chi connectivity index (χ4n) is 7.25. The summed E-state index contributed by atoms with van der Waals surface area (Å²) in [6.07, 6.45) is 2.03. The van der Waals surface area contributed by atoms with E-state index < -0.39 is 0 Å². The van der Waals surface area contributed by atoms with E-state index >= 15 is 0 Å². The minimum atomic E-state index is -0.225. The Bertz CT molecular complexity index is 1540. The number of benzene rings is 4. The summed E-state index contributed by atoms with van der Waals surface area (Å²) in [5, 5.41) is 13.4. The highest BCUT2D eigenvalue weighted by Crippen LogP contribution is 2.67. The van der Waals surface area contributed by atoms with E-state index in [-0.39, 0.29) is 16.2 Å². The van der Waals surface area contributed by atoms with E-state index in [0.29, 0.717) is 24.7 Å². The van der Waals surface area contributed by atoms with E-state index in [1.165, 1.54) is 33.4 Å². The van der Waals surface area contributed by atoms with Crippen LogP contribution in [0.2, 0.25) is 0 Å². The number of hydrogen-bond donors (Lipinski definition) is 1. The molecule has 1 heterocycles. The van der Waals surface area contributed by atoms with Crippen LogP contribution in [0.4, 0.5) is 0 Å². The molecule has 1 N–H and O–H groups in total. The highest BCUT2D eigenvalue weighted by atomic mass is 16.6. The summed E-state index contributed by atoms with van der Waals surface area (Å²) in [7, 11) is 0. The van der Waals surface area contributed by atoms with Crippen molar-refractivity contribution in [3.63, 3.8) is 0 Å². The maximum absolute atomic E-state index is 11.5. The molecule has 2 aliphatic carbocycles. The lowest BCUT2D eigenvalue weighted by Gasteiger charge is -2.34. The Morgan fingerprint density at radius 1 is 0.639 bits per heavy atom. The molecule has 1 spiro atoms. The fraction of sp³-hybridized carbons (Fsp3) is 0.333. The minimum absolute atomic E-state index is 0.116. The van der Waals surface area contributed by atoms with Crippen molar-refractivity contribution in [2.24, 2.45) is 10.8 Å². The molecule has 0 bridgehead atoms. The van der Waals surface area contributed by atoms with Crippen molar-refractivity contribution < 1.29 is 14.6 Å². The van der Waals surface area contributed by atoms with E-state index in [4.69, 9.17) is 9.47 Å². The van der Waals surface area contributed by atoms with Crippen LogP contribution >= 0.6 is 0 Å². The number of hydrogen-bond acceptors (Lipinski definition) is 3. The predicted octanol–water partition coefficient (Wildman–Crippen LogP) is 8.10. The van der Waals surface area contributed by atoms with Crippen LogP contribution in [0.1, 0.15) is 51.7 Å². The number of phenolic OH excluding ortho intramolecular Hbond substituents is 1. The highest BCUT2D eigenvalue weighted by molar-refractivity contribution is 6.07. The predicted molar refractivity (Wildman–Crippen MR) is 145 cm³/mol. The second-order valence-electron chi connectivity index (χ2n) is 12.2. The molecule has 3 aliphatic rings. The van der Waals surface area contributed by atoms with Crippen molar-refractivity contribution >= 4 is 10.8 Å². The van der Waals surface area contributed by atoms with E-state index in [0.717, 1.165) is 29.4 Å². The molecule has 0 unspecified atom stereocenters. The Balaban J connectivity index is 1.68. The van der Waals surface area contributed by atoms with Gasteiger partial charge in [0.1, 0.15) is 19.0 Å². The molecule has 4 aromatic carbocycles. The average molecular weight is 477 g/mol. The summed E-state index contributed by atoms with van der Waals surface area (Å²) in [5.41, 5.74) is 7.55. The molecule has 7 rings (SSSR count). The molecule has 0 radical (unpaired) electrons. The largest absolute Gasteiger partial charge is 0.507 e. The van der Waals surface area contributed by atoms with Crippen molar-refractivity contribution in [2.75, 3.05) is 13.2 Å². The Hall–Kier alpha value is -3.46. The Morgan fingerprint density at radius 2 is 1.19 bits per heavy atom. The Labute approximate surface area is 212 Å². The first kappa shape index (κ1) is 21.8. The van der Waals surface area contributed by atoms with Crippen LogP contribution in [-0.4, -0.2) is 18.3 Å². The first-order valence-electron chi connectivity index (χ1n) is 13.0. The first-order valence-corrected chi connectivity index (χ1v) is 13.0. The summed E-state index contributed by atoms with van der Waals surface area (Å²) in [5.74, 6) is 1.76. The standard InChI is InChI=1S/C33H32O3/c1-31(2)18-33(19-32(31,3)4)25-12-8-7-10-21(25)20-9-5-6-11-22(20)30-24-16-29-28(35-13-14-36-29)15-23(24)27(34)17-26(30)33/h5-12,15-17,34H,13-14,18-19H2,1-4H3. The fourth-order valence-corrected chi connectivity index (χ4v) is 7.25. The van der Waals surface area contributed by atoms with Crippen LogP contribution in [0.3, 0.4) is 0 Å². The van der Waals surface area contributed by atoms with Gasteiger partial charge < -0.3 is 14.6 Å². The van der Waals surface area contributed by atoms with E-state index in [9.17, 15) is 5.11 Å². The smallest absolute Gasteiger partial charge is 0.162 e. The molecule has 4 aromatic rings. The van der Waals surface area contributed by atoms with Gasteiger partial charge in [-0.05, 0) is 80.6 Å². The zero-order valence-corrected chi connectivity index (χ0v) is 21.4. The molecule has 0 amide bonds. The van der Waals surface area contributed by atoms with Gasteiger partial charge in [0.05, 0.1) is 0 Å². The molecule has 0 saturated heterocycles. The van der Waals surface area contributed by atoms with E-state index in [2.05, 4.69) is 88.4 Å². The molecule has 3 nitrogen and oxygen atoms in total. The van der Waals surface area contributed by atoms with Crippen molar-refractivity contribution in [3.05, 3.63) is 77.9 Å². The number of phenols is 1. The lowest BCUT2D eigenvalue weighted by atomic mass is 9.68. The van der Waals surface area contributed by atoms with E-state index in [1.807, 2.05) is 6.07 Å².